The molecule has 2 unspecified atom stereocenters. The van der Waals surface area contributed by atoms with Crippen LogP contribution < -0.4 is 5.32 Å². The van der Waals surface area contributed by atoms with Crippen LogP contribution in [0.1, 0.15) is 58.8 Å². The number of nitrogens with one attached hydrogen (secondary N) is 1. The molecule has 0 radical (unpaired) electrons. The molecule has 4 aliphatic carbocycles. The van der Waals surface area contributed by atoms with Crippen molar-refractivity contribution in [1.82, 2.24) is 10.2 Å². The van der Waals surface area contributed by atoms with E-state index in [9.17, 15) is 18.0 Å². The monoisotopic (exact) mass is 360 g/mol. The number of carbonyl (C=O) groups is 1. The van der Waals surface area contributed by atoms with Gasteiger partial charge in [0.05, 0.1) is 12.0 Å². The van der Waals surface area contributed by atoms with Crippen molar-refractivity contribution in [2.24, 2.45) is 22.2 Å². The second kappa shape index (κ2) is 6.14. The molecular formula is C19H31F3N2O. The summed E-state index contributed by atoms with van der Waals surface area (Å²) >= 11 is 0. The summed E-state index contributed by atoms with van der Waals surface area (Å²) < 4.78 is 37.0. The van der Waals surface area contributed by atoms with Gasteiger partial charge < -0.3 is 5.32 Å². The molecular weight excluding hydrogens is 329 g/mol. The number of carbonyl (C=O) groups excluding carboxylic acids is 1. The lowest BCUT2D eigenvalue weighted by atomic mass is 9.40. The lowest BCUT2D eigenvalue weighted by molar-refractivity contribution is -0.170. The Morgan fingerprint density at radius 3 is 2.24 bits per heavy atom. The Hall–Kier alpha value is -0.780. The van der Waals surface area contributed by atoms with E-state index in [2.05, 4.69) is 19.2 Å². The van der Waals surface area contributed by atoms with E-state index in [0.717, 1.165) is 19.3 Å². The van der Waals surface area contributed by atoms with E-state index in [0.29, 0.717) is 36.3 Å². The zero-order chi connectivity index (χ0) is 18.5. The number of rotatable bonds is 6. The molecule has 4 rings (SSSR count). The highest BCUT2D eigenvalue weighted by atomic mass is 19.4. The van der Waals surface area contributed by atoms with Crippen LogP contribution >= 0.6 is 0 Å². The van der Waals surface area contributed by atoms with Crippen LogP contribution in [0.5, 0.6) is 0 Å². The van der Waals surface area contributed by atoms with E-state index in [1.807, 2.05) is 0 Å². The number of nitrogens with zero attached hydrogens (tertiary/aromatic N) is 1. The lowest BCUT2D eigenvalue weighted by Gasteiger charge is -2.64. The summed E-state index contributed by atoms with van der Waals surface area (Å²) in [5.41, 5.74) is 0.345. The average molecular weight is 360 g/mol. The average Bonchev–Trinajstić information content (AvgIpc) is 2.37. The first-order valence-corrected chi connectivity index (χ1v) is 9.46. The molecule has 6 heteroatoms. The molecule has 0 saturated heterocycles. The zero-order valence-electron chi connectivity index (χ0n) is 15.6. The number of hydrogen-bond donors (Lipinski definition) is 1. The maximum atomic E-state index is 12.9. The Kier molecular flexibility index (Phi) is 4.66. The highest BCUT2D eigenvalue weighted by molar-refractivity contribution is 5.83. The SMILES string of the molecule is CN(CCCNC(=O)C12CC3CC(C)(CC(C)(C3)C1)C2)CC(F)(F)F. The van der Waals surface area contributed by atoms with Crippen LogP contribution in [0, 0.1) is 22.2 Å². The predicted octanol–water partition coefficient (Wildman–Crippen LogP) is 3.98. The fraction of sp³-hybridized carbons (Fsp3) is 0.947. The second-order valence-electron chi connectivity index (χ2n) is 9.87. The van der Waals surface area contributed by atoms with Gasteiger partial charge in [-0.05, 0) is 75.3 Å². The van der Waals surface area contributed by atoms with Crippen molar-refractivity contribution in [3.05, 3.63) is 0 Å². The predicted molar refractivity (Wildman–Crippen MR) is 91.0 cm³/mol. The van der Waals surface area contributed by atoms with Crippen molar-refractivity contribution >= 4 is 5.91 Å². The van der Waals surface area contributed by atoms with Crippen LogP contribution in [0.2, 0.25) is 0 Å². The third-order valence-electron chi connectivity index (χ3n) is 6.56. The van der Waals surface area contributed by atoms with Crippen molar-refractivity contribution in [3.8, 4) is 0 Å². The van der Waals surface area contributed by atoms with Crippen LogP contribution in [0.15, 0.2) is 0 Å². The molecule has 4 bridgehead atoms. The van der Waals surface area contributed by atoms with Gasteiger partial charge in [0.2, 0.25) is 5.91 Å². The summed E-state index contributed by atoms with van der Waals surface area (Å²) in [5.74, 6) is 0.808. The number of amides is 1. The molecule has 1 amide bonds. The van der Waals surface area contributed by atoms with Crippen molar-refractivity contribution in [2.75, 3.05) is 26.7 Å². The summed E-state index contributed by atoms with van der Waals surface area (Å²) in [6.07, 6.45) is 3.07. The van der Waals surface area contributed by atoms with E-state index in [-0.39, 0.29) is 11.3 Å². The number of hydrogen-bond acceptors (Lipinski definition) is 2. The smallest absolute Gasteiger partial charge is 0.356 e. The van der Waals surface area contributed by atoms with Gasteiger partial charge in [-0.15, -0.1) is 0 Å². The summed E-state index contributed by atoms with van der Waals surface area (Å²) in [5, 5.41) is 3.05. The molecule has 4 saturated carbocycles. The molecule has 0 aromatic heterocycles. The molecule has 3 nitrogen and oxygen atoms in total. The third-order valence-corrected chi connectivity index (χ3v) is 6.56. The van der Waals surface area contributed by atoms with E-state index in [4.69, 9.17) is 0 Å². The van der Waals surface area contributed by atoms with Crippen LogP contribution in [0.25, 0.3) is 0 Å². The van der Waals surface area contributed by atoms with E-state index in [1.165, 1.54) is 31.2 Å². The summed E-state index contributed by atoms with van der Waals surface area (Å²) in [4.78, 5) is 14.2. The maximum absolute atomic E-state index is 12.9. The maximum Gasteiger partial charge on any atom is 0.401 e. The van der Waals surface area contributed by atoms with Gasteiger partial charge in [0.15, 0.2) is 0 Å². The van der Waals surface area contributed by atoms with E-state index >= 15 is 0 Å². The minimum Gasteiger partial charge on any atom is -0.356 e. The molecule has 0 aromatic carbocycles. The first-order valence-electron chi connectivity index (χ1n) is 9.46. The van der Waals surface area contributed by atoms with E-state index < -0.39 is 12.7 Å². The molecule has 25 heavy (non-hydrogen) atoms. The highest BCUT2D eigenvalue weighted by Gasteiger charge is 2.62. The van der Waals surface area contributed by atoms with E-state index in [1.54, 1.807) is 0 Å². The van der Waals surface area contributed by atoms with Gasteiger partial charge in [-0.25, -0.2) is 0 Å². The summed E-state index contributed by atoms with van der Waals surface area (Å²) in [7, 11) is 1.47. The Bertz CT molecular complexity index is 515. The number of alkyl halides is 3. The topological polar surface area (TPSA) is 32.3 Å². The zero-order valence-corrected chi connectivity index (χ0v) is 15.6. The minimum absolute atomic E-state index is 0.146. The van der Waals surface area contributed by atoms with Gasteiger partial charge in [0.25, 0.3) is 0 Å². The van der Waals surface area contributed by atoms with Crippen molar-refractivity contribution in [1.29, 1.82) is 0 Å². The van der Waals surface area contributed by atoms with Gasteiger partial charge in [0.1, 0.15) is 0 Å². The fourth-order valence-corrected chi connectivity index (χ4v) is 6.82. The van der Waals surface area contributed by atoms with Crippen LogP contribution in [-0.2, 0) is 4.79 Å². The first-order chi connectivity index (χ1) is 11.4. The van der Waals surface area contributed by atoms with Crippen LogP contribution in [-0.4, -0.2) is 43.7 Å². The standard InChI is InChI=1S/C19H31F3N2O/c1-16-7-14-8-17(2,10-16)12-18(9-14,11-16)15(25)23-5-4-6-24(3)13-19(20,21)22/h14H,4-13H2,1-3H3,(H,23,25). The Balaban J connectivity index is 1.50. The summed E-state index contributed by atoms with van der Waals surface area (Å²) in [6.45, 7) is 4.57. The molecule has 2 atom stereocenters. The first kappa shape index (κ1) is 19.0. The van der Waals surface area contributed by atoms with Crippen molar-refractivity contribution in [2.45, 2.75) is 65.0 Å². The van der Waals surface area contributed by atoms with Crippen molar-refractivity contribution < 1.29 is 18.0 Å². The lowest BCUT2D eigenvalue weighted by Crippen LogP contribution is -2.60. The normalized spacial score (nSPS) is 39.9. The Morgan fingerprint density at radius 2 is 1.72 bits per heavy atom. The van der Waals surface area contributed by atoms with Crippen molar-refractivity contribution in [3.63, 3.8) is 0 Å². The minimum atomic E-state index is -4.16. The number of halogens is 3. The Morgan fingerprint density at radius 1 is 1.12 bits per heavy atom. The van der Waals surface area contributed by atoms with Crippen LogP contribution in [0.3, 0.4) is 0 Å². The third kappa shape index (κ3) is 4.15. The van der Waals surface area contributed by atoms with Gasteiger partial charge in [-0.3, -0.25) is 9.69 Å². The molecule has 0 spiro atoms. The molecule has 4 aliphatic rings. The van der Waals surface area contributed by atoms with Gasteiger partial charge in [-0.1, -0.05) is 13.8 Å². The fourth-order valence-electron chi connectivity index (χ4n) is 6.82. The quantitative estimate of drug-likeness (QED) is 0.727. The van der Waals surface area contributed by atoms with Gasteiger partial charge in [-0.2, -0.15) is 13.2 Å². The molecule has 0 aliphatic heterocycles. The second-order valence-corrected chi connectivity index (χ2v) is 9.87. The Labute approximate surface area is 148 Å². The largest absolute Gasteiger partial charge is 0.401 e. The van der Waals surface area contributed by atoms with Gasteiger partial charge >= 0.3 is 6.18 Å². The van der Waals surface area contributed by atoms with Gasteiger partial charge in [0, 0.05) is 6.54 Å². The summed E-state index contributed by atoms with van der Waals surface area (Å²) in [6, 6.07) is 0. The highest BCUT2D eigenvalue weighted by Crippen LogP contribution is 2.69. The molecule has 0 aromatic rings. The van der Waals surface area contributed by atoms with Crippen LogP contribution in [0.4, 0.5) is 13.2 Å². The molecule has 0 heterocycles. The molecule has 4 fully saturated rings. The molecule has 1 N–H and O–H groups in total. The molecule has 144 valence electrons.